The molecule has 16 heavy (non-hydrogen) atoms. The molecule has 1 aliphatic carbocycles. The van der Waals surface area contributed by atoms with Gasteiger partial charge < -0.3 is 0 Å². The van der Waals surface area contributed by atoms with Crippen molar-refractivity contribution in [2.75, 3.05) is 0 Å². The van der Waals surface area contributed by atoms with E-state index in [4.69, 9.17) is 0 Å². The zero-order chi connectivity index (χ0) is 12.5. The summed E-state index contributed by atoms with van der Waals surface area (Å²) < 4.78 is 0. The molecule has 0 aromatic carbocycles. The van der Waals surface area contributed by atoms with Crippen molar-refractivity contribution >= 4 is 5.78 Å². The van der Waals surface area contributed by atoms with Crippen LogP contribution in [0, 0.1) is 17.3 Å². The zero-order valence-corrected chi connectivity index (χ0v) is 11.4. The highest BCUT2D eigenvalue weighted by molar-refractivity contribution is 5.98. The van der Waals surface area contributed by atoms with Crippen molar-refractivity contribution in [3.8, 4) is 0 Å². The lowest BCUT2D eigenvalue weighted by atomic mass is 9.61. The molecule has 0 fully saturated rings. The average Bonchev–Trinajstić information content (AvgIpc) is 2.22. The summed E-state index contributed by atoms with van der Waals surface area (Å²) >= 11 is 0. The van der Waals surface area contributed by atoms with E-state index in [1.807, 2.05) is 19.9 Å². The maximum absolute atomic E-state index is 12.4. The van der Waals surface area contributed by atoms with Gasteiger partial charge >= 0.3 is 0 Å². The van der Waals surface area contributed by atoms with Crippen LogP contribution in [0.3, 0.4) is 0 Å². The topological polar surface area (TPSA) is 17.1 Å². The molecule has 90 valence electrons. The first-order valence-corrected chi connectivity index (χ1v) is 6.16. The van der Waals surface area contributed by atoms with E-state index < -0.39 is 0 Å². The summed E-state index contributed by atoms with van der Waals surface area (Å²) in [5.74, 6) is 0.926. The van der Waals surface area contributed by atoms with Crippen molar-refractivity contribution < 1.29 is 4.79 Å². The van der Waals surface area contributed by atoms with E-state index >= 15 is 0 Å². The second-order valence-corrected chi connectivity index (χ2v) is 5.68. The van der Waals surface area contributed by atoms with Crippen LogP contribution in [0.15, 0.2) is 23.3 Å². The van der Waals surface area contributed by atoms with Crippen molar-refractivity contribution in [2.45, 2.75) is 48.0 Å². The molecule has 0 spiro atoms. The minimum absolute atomic E-state index is 0.0625. The predicted octanol–water partition coefficient (Wildman–Crippen LogP) is 4.15. The fraction of sp³-hybridized carbons (Fsp3) is 0.667. The Hall–Kier alpha value is -0.850. The maximum atomic E-state index is 12.4. The van der Waals surface area contributed by atoms with Crippen molar-refractivity contribution in [1.82, 2.24) is 0 Å². The van der Waals surface area contributed by atoms with Crippen LogP contribution < -0.4 is 0 Å². The third-order valence-corrected chi connectivity index (χ3v) is 4.35. The Bertz CT molecular complexity index is 344. The molecular weight excluding hydrogens is 196 g/mol. The number of rotatable bonds is 2. The smallest absolute Gasteiger partial charge is 0.165 e. The third kappa shape index (κ3) is 2.14. The second kappa shape index (κ2) is 4.57. The standard InChI is InChI=1S/C15H24O/c1-7-10(2)14(16)13-11(3)8-9-12(4)15(13,5)6/h7-8,12-13H,9H2,1-6H3/b10-7+/t12-,13+/m1/s1. The van der Waals surface area contributed by atoms with Gasteiger partial charge in [0, 0.05) is 5.92 Å². The molecule has 2 atom stereocenters. The zero-order valence-electron chi connectivity index (χ0n) is 11.4. The Labute approximate surface area is 99.6 Å². The lowest BCUT2D eigenvalue weighted by molar-refractivity contribution is -0.122. The Morgan fingerprint density at radius 3 is 2.56 bits per heavy atom. The molecule has 0 saturated carbocycles. The largest absolute Gasteiger partial charge is 0.294 e. The van der Waals surface area contributed by atoms with E-state index in [0.717, 1.165) is 12.0 Å². The van der Waals surface area contributed by atoms with Crippen molar-refractivity contribution in [3.63, 3.8) is 0 Å². The highest BCUT2D eigenvalue weighted by Gasteiger charge is 2.42. The highest BCUT2D eigenvalue weighted by atomic mass is 16.1. The third-order valence-electron chi connectivity index (χ3n) is 4.35. The summed E-state index contributed by atoms with van der Waals surface area (Å²) in [6.07, 6.45) is 5.25. The molecule has 0 amide bonds. The van der Waals surface area contributed by atoms with Gasteiger partial charge in [-0.25, -0.2) is 0 Å². The van der Waals surface area contributed by atoms with Gasteiger partial charge in [-0.15, -0.1) is 0 Å². The minimum atomic E-state index is 0.0625. The Kier molecular flexibility index (Phi) is 3.77. The first-order valence-electron chi connectivity index (χ1n) is 6.16. The van der Waals surface area contributed by atoms with E-state index in [1.165, 1.54) is 5.57 Å². The molecule has 1 nitrogen and oxygen atoms in total. The number of ketones is 1. The number of hydrogen-bond acceptors (Lipinski definition) is 1. The SMILES string of the molecule is C/C=C(\C)C(=O)[C@@H]1C(C)=CC[C@@H](C)C1(C)C. The predicted molar refractivity (Wildman–Crippen MR) is 69.2 cm³/mol. The van der Waals surface area contributed by atoms with Gasteiger partial charge in [-0.2, -0.15) is 0 Å². The van der Waals surface area contributed by atoms with E-state index in [-0.39, 0.29) is 11.3 Å². The summed E-state index contributed by atoms with van der Waals surface area (Å²) in [7, 11) is 0. The van der Waals surface area contributed by atoms with E-state index in [2.05, 4.69) is 33.8 Å². The summed E-state index contributed by atoms with van der Waals surface area (Å²) in [5, 5.41) is 0. The van der Waals surface area contributed by atoms with E-state index in [1.54, 1.807) is 0 Å². The van der Waals surface area contributed by atoms with Crippen LogP contribution in [0.25, 0.3) is 0 Å². The molecule has 1 rings (SSSR count). The highest BCUT2D eigenvalue weighted by Crippen LogP contribution is 2.45. The molecular formula is C15H24O. The molecule has 0 bridgehead atoms. The first-order chi connectivity index (χ1) is 7.32. The van der Waals surface area contributed by atoms with Crippen molar-refractivity contribution in [1.29, 1.82) is 0 Å². The van der Waals surface area contributed by atoms with Gasteiger partial charge in [-0.3, -0.25) is 4.79 Å². The van der Waals surface area contributed by atoms with Crippen LogP contribution in [-0.4, -0.2) is 5.78 Å². The van der Waals surface area contributed by atoms with Crippen molar-refractivity contribution in [3.05, 3.63) is 23.3 Å². The number of carbonyl (C=O) groups excluding carboxylic acids is 1. The molecule has 0 unspecified atom stereocenters. The first kappa shape index (κ1) is 13.2. The molecule has 0 aliphatic heterocycles. The van der Waals surface area contributed by atoms with Crippen LogP contribution in [0.2, 0.25) is 0 Å². The minimum Gasteiger partial charge on any atom is -0.294 e. The summed E-state index contributed by atoms with van der Waals surface area (Å²) in [6, 6.07) is 0. The van der Waals surface area contributed by atoms with Gasteiger partial charge in [0.15, 0.2) is 5.78 Å². The molecule has 0 aromatic rings. The van der Waals surface area contributed by atoms with Crippen molar-refractivity contribution in [2.24, 2.45) is 17.3 Å². The fourth-order valence-corrected chi connectivity index (χ4v) is 2.57. The molecule has 0 aromatic heterocycles. The number of carbonyl (C=O) groups is 1. The van der Waals surface area contributed by atoms with Crippen LogP contribution in [-0.2, 0) is 4.79 Å². The Morgan fingerprint density at radius 1 is 1.50 bits per heavy atom. The van der Waals surface area contributed by atoms with Gasteiger partial charge in [-0.05, 0) is 44.1 Å². The van der Waals surface area contributed by atoms with Crippen LogP contribution >= 0.6 is 0 Å². The average molecular weight is 220 g/mol. The summed E-state index contributed by atoms with van der Waals surface area (Å²) in [6.45, 7) is 12.6. The maximum Gasteiger partial charge on any atom is 0.165 e. The molecule has 0 radical (unpaired) electrons. The molecule has 0 N–H and O–H groups in total. The number of Topliss-reactive ketones (excluding diaryl/α,β-unsaturated/α-hetero) is 1. The van der Waals surface area contributed by atoms with Gasteiger partial charge in [0.2, 0.25) is 0 Å². The lowest BCUT2D eigenvalue weighted by Gasteiger charge is -2.42. The second-order valence-electron chi connectivity index (χ2n) is 5.68. The van der Waals surface area contributed by atoms with Gasteiger partial charge in [0.05, 0.1) is 0 Å². The number of allylic oxidation sites excluding steroid dienone is 4. The summed E-state index contributed by atoms with van der Waals surface area (Å²) in [5.41, 5.74) is 2.20. The summed E-state index contributed by atoms with van der Waals surface area (Å²) in [4.78, 5) is 12.4. The lowest BCUT2D eigenvalue weighted by Crippen LogP contribution is -2.39. The van der Waals surface area contributed by atoms with Gasteiger partial charge in [0.25, 0.3) is 0 Å². The monoisotopic (exact) mass is 220 g/mol. The quantitative estimate of drug-likeness (QED) is 0.504. The Morgan fingerprint density at radius 2 is 2.06 bits per heavy atom. The van der Waals surface area contributed by atoms with Gasteiger partial charge in [0.1, 0.15) is 0 Å². The molecule has 1 heteroatoms. The van der Waals surface area contributed by atoms with E-state index in [0.29, 0.717) is 11.7 Å². The number of hydrogen-bond donors (Lipinski definition) is 0. The van der Waals surface area contributed by atoms with E-state index in [9.17, 15) is 4.79 Å². The molecule has 0 saturated heterocycles. The fourth-order valence-electron chi connectivity index (χ4n) is 2.57. The normalized spacial score (nSPS) is 29.9. The van der Waals surface area contributed by atoms with Crippen LogP contribution in [0.5, 0.6) is 0 Å². The van der Waals surface area contributed by atoms with Crippen LogP contribution in [0.4, 0.5) is 0 Å². The van der Waals surface area contributed by atoms with Gasteiger partial charge in [-0.1, -0.05) is 38.5 Å². The molecule has 0 heterocycles. The van der Waals surface area contributed by atoms with Crippen LogP contribution in [0.1, 0.15) is 48.0 Å². The molecule has 1 aliphatic rings. The Balaban J connectivity index is 3.14.